The number of anilines is 2. The van der Waals surface area contributed by atoms with Crippen molar-refractivity contribution in [3.63, 3.8) is 0 Å². The summed E-state index contributed by atoms with van der Waals surface area (Å²) in [7, 11) is 0. The second-order valence-corrected chi connectivity index (χ2v) is 5.57. The maximum absolute atomic E-state index is 11.1. The van der Waals surface area contributed by atoms with Crippen LogP contribution in [0.1, 0.15) is 6.92 Å². The van der Waals surface area contributed by atoms with Crippen LogP contribution in [0, 0.1) is 0 Å². The van der Waals surface area contributed by atoms with Gasteiger partial charge in [-0.2, -0.15) is 0 Å². The van der Waals surface area contributed by atoms with Gasteiger partial charge in [-0.3, -0.25) is 4.79 Å². The van der Waals surface area contributed by atoms with Gasteiger partial charge in [-0.1, -0.05) is 23.4 Å². The molecule has 19 heavy (non-hydrogen) atoms. The molecule has 2 aromatic rings. The number of nitrogens with two attached hydrogens (primary N) is 1. The summed E-state index contributed by atoms with van der Waals surface area (Å²) in [5.74, 6) is -0.139. The van der Waals surface area contributed by atoms with E-state index in [-0.39, 0.29) is 5.91 Å². The molecule has 0 radical (unpaired) electrons. The molecule has 0 aliphatic rings. The Morgan fingerprint density at radius 3 is 2.42 bits per heavy atom. The minimum absolute atomic E-state index is 0.139. The normalized spacial score (nSPS) is 10.2. The zero-order valence-corrected chi connectivity index (χ0v) is 11.9. The molecule has 0 atom stereocenters. The molecule has 3 N–H and O–H groups in total. The van der Waals surface area contributed by atoms with Gasteiger partial charge in [0.2, 0.25) is 5.91 Å². The SMILES string of the molecule is CC(=O)Nc1cc(Sc2ccc(Cl)cc2)ccc1N. The molecule has 0 spiro atoms. The molecular formula is C14H13ClN2OS. The molecule has 0 aliphatic heterocycles. The van der Waals surface area contributed by atoms with Crippen LogP contribution in [0.5, 0.6) is 0 Å². The summed E-state index contributed by atoms with van der Waals surface area (Å²) in [5, 5.41) is 3.42. The van der Waals surface area contributed by atoms with Crippen LogP contribution in [0.2, 0.25) is 5.02 Å². The minimum Gasteiger partial charge on any atom is -0.397 e. The molecular weight excluding hydrogens is 280 g/mol. The van der Waals surface area contributed by atoms with E-state index in [0.717, 1.165) is 9.79 Å². The third-order valence-corrected chi connectivity index (χ3v) is 3.63. The van der Waals surface area contributed by atoms with Gasteiger partial charge in [0.05, 0.1) is 11.4 Å². The van der Waals surface area contributed by atoms with Crippen LogP contribution in [0.3, 0.4) is 0 Å². The Kier molecular flexibility index (Phi) is 4.35. The van der Waals surface area contributed by atoms with Crippen LogP contribution in [0.4, 0.5) is 11.4 Å². The first-order chi connectivity index (χ1) is 9.04. The quantitative estimate of drug-likeness (QED) is 0.840. The topological polar surface area (TPSA) is 55.1 Å². The molecule has 0 saturated carbocycles. The number of carbonyl (C=O) groups is 1. The monoisotopic (exact) mass is 292 g/mol. The van der Waals surface area contributed by atoms with Crippen molar-refractivity contribution in [2.75, 3.05) is 11.1 Å². The van der Waals surface area contributed by atoms with Gasteiger partial charge in [0.15, 0.2) is 0 Å². The number of amides is 1. The maximum Gasteiger partial charge on any atom is 0.221 e. The smallest absolute Gasteiger partial charge is 0.221 e. The van der Waals surface area contributed by atoms with Crippen molar-refractivity contribution in [2.45, 2.75) is 16.7 Å². The molecule has 0 heterocycles. The lowest BCUT2D eigenvalue weighted by Gasteiger charge is -2.09. The molecule has 0 fully saturated rings. The second-order valence-electron chi connectivity index (χ2n) is 3.99. The van der Waals surface area contributed by atoms with Gasteiger partial charge in [0.25, 0.3) is 0 Å². The summed E-state index contributed by atoms with van der Waals surface area (Å²) >= 11 is 7.43. The lowest BCUT2D eigenvalue weighted by Crippen LogP contribution is -2.07. The lowest BCUT2D eigenvalue weighted by atomic mass is 10.2. The first-order valence-electron chi connectivity index (χ1n) is 5.65. The first kappa shape index (κ1) is 13.8. The summed E-state index contributed by atoms with van der Waals surface area (Å²) in [4.78, 5) is 13.2. The van der Waals surface area contributed by atoms with E-state index in [9.17, 15) is 4.79 Å². The van der Waals surface area contributed by atoms with Crippen molar-refractivity contribution in [1.82, 2.24) is 0 Å². The summed E-state index contributed by atoms with van der Waals surface area (Å²) < 4.78 is 0. The van der Waals surface area contributed by atoms with E-state index in [1.54, 1.807) is 17.8 Å². The number of nitrogen functional groups attached to an aromatic ring is 1. The summed E-state index contributed by atoms with van der Waals surface area (Å²) in [6, 6.07) is 13.1. The first-order valence-corrected chi connectivity index (χ1v) is 6.84. The van der Waals surface area contributed by atoms with E-state index in [0.29, 0.717) is 16.4 Å². The Morgan fingerprint density at radius 2 is 1.79 bits per heavy atom. The standard InChI is InChI=1S/C14H13ClN2OS/c1-9(18)17-14-8-12(6-7-13(14)16)19-11-4-2-10(15)3-5-11/h2-8H,16H2,1H3,(H,17,18). The van der Waals surface area contributed by atoms with Crippen molar-refractivity contribution in [2.24, 2.45) is 0 Å². The minimum atomic E-state index is -0.139. The Balaban J connectivity index is 2.21. The number of nitrogens with one attached hydrogen (secondary N) is 1. The van der Waals surface area contributed by atoms with Gasteiger partial charge in [0.1, 0.15) is 0 Å². The van der Waals surface area contributed by atoms with Crippen molar-refractivity contribution < 1.29 is 4.79 Å². The zero-order chi connectivity index (χ0) is 13.8. The van der Waals surface area contributed by atoms with E-state index in [1.165, 1.54) is 6.92 Å². The molecule has 3 nitrogen and oxygen atoms in total. The molecule has 0 unspecified atom stereocenters. The fourth-order valence-corrected chi connectivity index (χ4v) is 2.52. The molecule has 2 rings (SSSR count). The largest absolute Gasteiger partial charge is 0.397 e. The van der Waals surface area contributed by atoms with Gasteiger partial charge < -0.3 is 11.1 Å². The fraction of sp³-hybridized carbons (Fsp3) is 0.0714. The van der Waals surface area contributed by atoms with E-state index in [4.69, 9.17) is 17.3 Å². The van der Waals surface area contributed by atoms with E-state index < -0.39 is 0 Å². The lowest BCUT2D eigenvalue weighted by molar-refractivity contribution is -0.114. The highest BCUT2D eigenvalue weighted by molar-refractivity contribution is 7.99. The fourth-order valence-electron chi connectivity index (χ4n) is 1.54. The highest BCUT2D eigenvalue weighted by atomic mass is 35.5. The number of halogens is 1. The molecule has 0 aliphatic carbocycles. The molecule has 1 amide bonds. The molecule has 98 valence electrons. The highest BCUT2D eigenvalue weighted by Crippen LogP contribution is 2.32. The molecule has 0 bridgehead atoms. The van der Waals surface area contributed by atoms with Crippen molar-refractivity contribution >= 4 is 40.6 Å². The number of hydrogen-bond acceptors (Lipinski definition) is 3. The van der Waals surface area contributed by atoms with Crippen LogP contribution >= 0.6 is 23.4 Å². The van der Waals surface area contributed by atoms with Crippen LogP contribution in [-0.4, -0.2) is 5.91 Å². The second kappa shape index (κ2) is 5.99. The van der Waals surface area contributed by atoms with Gasteiger partial charge in [-0.25, -0.2) is 0 Å². The van der Waals surface area contributed by atoms with Crippen molar-refractivity contribution in [3.05, 3.63) is 47.5 Å². The summed E-state index contributed by atoms with van der Waals surface area (Å²) in [6.45, 7) is 1.46. The molecule has 0 saturated heterocycles. The third-order valence-electron chi connectivity index (χ3n) is 2.38. The highest BCUT2D eigenvalue weighted by Gasteiger charge is 2.04. The van der Waals surface area contributed by atoms with Crippen LogP contribution in [0.15, 0.2) is 52.3 Å². The van der Waals surface area contributed by atoms with E-state index in [2.05, 4.69) is 5.32 Å². The molecule has 5 heteroatoms. The molecule has 0 aromatic heterocycles. The predicted octanol–water partition coefficient (Wildman–Crippen LogP) is 4.03. The zero-order valence-electron chi connectivity index (χ0n) is 10.3. The Labute approximate surface area is 121 Å². The summed E-state index contributed by atoms with van der Waals surface area (Å²) in [6.07, 6.45) is 0. The third kappa shape index (κ3) is 3.91. The average molecular weight is 293 g/mol. The van der Waals surface area contributed by atoms with Crippen molar-refractivity contribution in [1.29, 1.82) is 0 Å². The van der Waals surface area contributed by atoms with Gasteiger partial charge in [-0.15, -0.1) is 0 Å². The van der Waals surface area contributed by atoms with Gasteiger partial charge in [-0.05, 0) is 42.5 Å². The average Bonchev–Trinajstić information content (AvgIpc) is 2.36. The Hall–Kier alpha value is -1.65. The van der Waals surface area contributed by atoms with Crippen LogP contribution in [-0.2, 0) is 4.79 Å². The van der Waals surface area contributed by atoms with Crippen LogP contribution in [0.25, 0.3) is 0 Å². The number of hydrogen-bond donors (Lipinski definition) is 2. The Morgan fingerprint density at radius 1 is 1.16 bits per heavy atom. The van der Waals surface area contributed by atoms with E-state index in [1.807, 2.05) is 36.4 Å². The Bertz CT molecular complexity index is 599. The van der Waals surface area contributed by atoms with Gasteiger partial charge in [0, 0.05) is 21.7 Å². The van der Waals surface area contributed by atoms with Gasteiger partial charge >= 0.3 is 0 Å². The number of rotatable bonds is 3. The van der Waals surface area contributed by atoms with Crippen LogP contribution < -0.4 is 11.1 Å². The summed E-state index contributed by atoms with van der Waals surface area (Å²) in [5.41, 5.74) is 6.99. The van der Waals surface area contributed by atoms with Crippen molar-refractivity contribution in [3.8, 4) is 0 Å². The van der Waals surface area contributed by atoms with E-state index >= 15 is 0 Å². The maximum atomic E-state index is 11.1. The molecule has 2 aromatic carbocycles. The predicted molar refractivity (Wildman–Crippen MR) is 80.7 cm³/mol. The number of benzene rings is 2. The number of carbonyl (C=O) groups excluding carboxylic acids is 1.